The van der Waals surface area contributed by atoms with Gasteiger partial charge in [-0.3, -0.25) is 19.3 Å². The molecule has 2 aromatic carbocycles. The van der Waals surface area contributed by atoms with Gasteiger partial charge >= 0.3 is 6.18 Å². The third kappa shape index (κ3) is 5.72. The van der Waals surface area contributed by atoms with Crippen LogP contribution in [0.25, 0.3) is 6.08 Å². The smallest absolute Gasteiger partial charge is 0.416 e. The van der Waals surface area contributed by atoms with Gasteiger partial charge in [-0.1, -0.05) is 36.0 Å². The first-order valence-electron chi connectivity index (χ1n) is 9.74. The molecule has 4 rings (SSSR count). The highest BCUT2D eigenvalue weighted by Gasteiger charge is 2.36. The van der Waals surface area contributed by atoms with Gasteiger partial charge in [0, 0.05) is 16.7 Å². The Hall–Kier alpha value is -3.44. The van der Waals surface area contributed by atoms with E-state index in [9.17, 15) is 27.6 Å². The van der Waals surface area contributed by atoms with Crippen LogP contribution < -0.4 is 5.32 Å². The molecule has 3 aromatic rings. The minimum absolute atomic E-state index is 0.0717. The van der Waals surface area contributed by atoms with E-state index >= 15 is 0 Å². The van der Waals surface area contributed by atoms with E-state index in [-0.39, 0.29) is 10.6 Å². The molecular weight excluding hydrogens is 489 g/mol. The molecule has 0 spiro atoms. The monoisotopic (exact) mass is 504 g/mol. The maximum absolute atomic E-state index is 12.8. The van der Waals surface area contributed by atoms with Crippen molar-refractivity contribution in [3.8, 4) is 0 Å². The number of hydrogen-bond donors (Lipinski definition) is 1. The molecule has 1 saturated heterocycles. The second kappa shape index (κ2) is 9.82. The number of furan rings is 1. The van der Waals surface area contributed by atoms with Gasteiger partial charge in [-0.05, 0) is 54.2 Å². The number of hydrogen-bond acceptors (Lipinski definition) is 6. The Morgan fingerprint density at radius 1 is 1.06 bits per heavy atom. The highest BCUT2D eigenvalue weighted by Crippen LogP contribution is 2.35. The van der Waals surface area contributed by atoms with Crippen LogP contribution in [-0.2, 0) is 15.8 Å². The van der Waals surface area contributed by atoms with Gasteiger partial charge in [0.2, 0.25) is 5.91 Å². The number of carbonyl (C=O) groups excluding carboxylic acids is 3. The van der Waals surface area contributed by atoms with Gasteiger partial charge in [-0.2, -0.15) is 13.2 Å². The third-order valence-corrected chi connectivity index (χ3v) is 6.32. The molecule has 0 unspecified atom stereocenters. The number of halogens is 3. The number of amides is 3. The third-order valence-electron chi connectivity index (χ3n) is 4.49. The summed E-state index contributed by atoms with van der Waals surface area (Å²) in [5.41, 5.74) is -1.02. The minimum atomic E-state index is -4.57. The standard InChI is InChI=1S/C23H15F3N2O4S2/c24-23(25,26)14-5-4-6-15(11-14)27-19(29)13-28-21(30)18(34-22(28)31)12-16-9-10-20(32-16)33-17-7-2-1-3-8-17/h1-12H,13H2,(H,27,29)/b18-12-. The molecule has 3 amide bonds. The molecule has 174 valence electrons. The van der Waals surface area contributed by atoms with Crippen LogP contribution in [0.2, 0.25) is 0 Å². The summed E-state index contributed by atoms with van der Waals surface area (Å²) < 4.78 is 44.2. The van der Waals surface area contributed by atoms with Crippen molar-refractivity contribution < 1.29 is 32.0 Å². The van der Waals surface area contributed by atoms with E-state index in [0.717, 1.165) is 28.0 Å². The van der Waals surface area contributed by atoms with Crippen LogP contribution in [0.4, 0.5) is 23.7 Å². The summed E-state index contributed by atoms with van der Waals surface area (Å²) in [6.07, 6.45) is -3.16. The first-order valence-corrected chi connectivity index (χ1v) is 11.4. The molecular formula is C23H15F3N2O4S2. The molecule has 0 aliphatic carbocycles. The van der Waals surface area contributed by atoms with Crippen LogP contribution in [0.15, 0.2) is 86.0 Å². The second-order valence-corrected chi connectivity index (χ2v) is 9.04. The fourth-order valence-corrected chi connectivity index (χ4v) is 4.57. The highest BCUT2D eigenvalue weighted by molar-refractivity contribution is 8.18. The SMILES string of the molecule is O=C(CN1C(=O)S/C(=C\c2ccc(Sc3ccccc3)o2)C1=O)Nc1cccc(C(F)(F)F)c1. The first kappa shape index (κ1) is 23.7. The molecule has 0 bridgehead atoms. The van der Waals surface area contributed by atoms with Crippen molar-refractivity contribution >= 4 is 52.3 Å². The summed E-state index contributed by atoms with van der Waals surface area (Å²) in [6.45, 7) is -0.633. The zero-order valence-electron chi connectivity index (χ0n) is 17.2. The highest BCUT2D eigenvalue weighted by atomic mass is 32.2. The Morgan fingerprint density at radius 2 is 1.82 bits per heavy atom. The fourth-order valence-electron chi connectivity index (χ4n) is 2.95. The predicted molar refractivity (Wildman–Crippen MR) is 122 cm³/mol. The van der Waals surface area contributed by atoms with Crippen molar-refractivity contribution in [2.24, 2.45) is 0 Å². The van der Waals surface area contributed by atoms with Crippen LogP contribution >= 0.6 is 23.5 Å². The topological polar surface area (TPSA) is 79.6 Å². The summed E-state index contributed by atoms with van der Waals surface area (Å²) in [7, 11) is 0. The number of nitrogens with one attached hydrogen (secondary N) is 1. The number of nitrogens with zero attached hydrogens (tertiary/aromatic N) is 1. The van der Waals surface area contributed by atoms with Gasteiger partial charge in [0.15, 0.2) is 5.09 Å². The van der Waals surface area contributed by atoms with Crippen LogP contribution in [-0.4, -0.2) is 28.5 Å². The normalized spacial score (nSPS) is 15.3. The Morgan fingerprint density at radius 3 is 2.56 bits per heavy atom. The molecule has 34 heavy (non-hydrogen) atoms. The van der Waals surface area contributed by atoms with E-state index in [4.69, 9.17) is 4.42 Å². The maximum Gasteiger partial charge on any atom is 0.416 e. The van der Waals surface area contributed by atoms with Gasteiger partial charge in [0.1, 0.15) is 12.3 Å². The number of benzene rings is 2. The average molecular weight is 505 g/mol. The van der Waals surface area contributed by atoms with Gasteiger partial charge < -0.3 is 9.73 Å². The molecule has 0 atom stereocenters. The Kier molecular flexibility index (Phi) is 6.85. The molecule has 0 saturated carbocycles. The van der Waals surface area contributed by atoms with Crippen LogP contribution in [0, 0.1) is 0 Å². The van der Waals surface area contributed by atoms with E-state index < -0.39 is 35.3 Å². The molecule has 0 radical (unpaired) electrons. The van der Waals surface area contributed by atoms with E-state index in [1.54, 1.807) is 12.1 Å². The maximum atomic E-state index is 12.8. The molecule has 1 N–H and O–H groups in total. The van der Waals surface area contributed by atoms with Gasteiger partial charge in [0.05, 0.1) is 10.5 Å². The Balaban J connectivity index is 1.40. The average Bonchev–Trinajstić information content (AvgIpc) is 3.33. The Labute approximate surface area is 200 Å². The molecule has 2 heterocycles. The molecule has 1 fully saturated rings. The molecule has 1 aliphatic rings. The largest absolute Gasteiger partial charge is 0.450 e. The number of anilines is 1. The summed E-state index contributed by atoms with van der Waals surface area (Å²) in [5, 5.41) is 2.21. The van der Waals surface area contributed by atoms with Crippen LogP contribution in [0.1, 0.15) is 11.3 Å². The summed E-state index contributed by atoms with van der Waals surface area (Å²) >= 11 is 2.04. The van der Waals surface area contributed by atoms with Gasteiger partial charge in [-0.15, -0.1) is 0 Å². The Bertz CT molecular complexity index is 1270. The lowest BCUT2D eigenvalue weighted by Gasteiger charge is -2.13. The van der Waals surface area contributed by atoms with Crippen molar-refractivity contribution in [3.05, 3.63) is 83.0 Å². The first-order chi connectivity index (χ1) is 16.2. The lowest BCUT2D eigenvalue weighted by molar-refractivity contribution is -0.137. The molecule has 1 aliphatic heterocycles. The number of rotatable bonds is 6. The number of carbonyl (C=O) groups is 3. The van der Waals surface area contributed by atoms with Crippen molar-refractivity contribution in [2.75, 3.05) is 11.9 Å². The number of imide groups is 1. The van der Waals surface area contributed by atoms with E-state index in [1.807, 2.05) is 30.3 Å². The quantitative estimate of drug-likeness (QED) is 0.407. The van der Waals surface area contributed by atoms with E-state index in [1.165, 1.54) is 23.9 Å². The fraction of sp³-hybridized carbons (Fsp3) is 0.0870. The predicted octanol–water partition coefficient (Wildman–Crippen LogP) is 6.12. The number of alkyl halides is 3. The molecule has 6 nitrogen and oxygen atoms in total. The second-order valence-electron chi connectivity index (χ2n) is 6.97. The zero-order chi connectivity index (χ0) is 24.3. The minimum Gasteiger partial charge on any atom is -0.450 e. The van der Waals surface area contributed by atoms with Crippen molar-refractivity contribution in [1.82, 2.24) is 4.90 Å². The summed E-state index contributed by atoms with van der Waals surface area (Å²) in [4.78, 5) is 38.9. The van der Waals surface area contributed by atoms with E-state index in [0.29, 0.717) is 22.6 Å². The van der Waals surface area contributed by atoms with Crippen molar-refractivity contribution in [3.63, 3.8) is 0 Å². The summed E-state index contributed by atoms with van der Waals surface area (Å²) in [6, 6.07) is 17.0. The van der Waals surface area contributed by atoms with Gasteiger partial charge in [0.25, 0.3) is 11.1 Å². The molecule has 1 aromatic heterocycles. The van der Waals surface area contributed by atoms with E-state index in [2.05, 4.69) is 5.32 Å². The lowest BCUT2D eigenvalue weighted by atomic mass is 10.2. The van der Waals surface area contributed by atoms with Crippen LogP contribution in [0.3, 0.4) is 0 Å². The zero-order valence-corrected chi connectivity index (χ0v) is 18.8. The number of thioether (sulfide) groups is 1. The summed E-state index contributed by atoms with van der Waals surface area (Å²) in [5.74, 6) is -1.14. The van der Waals surface area contributed by atoms with Gasteiger partial charge in [-0.25, -0.2) is 0 Å². The molecule has 11 heteroatoms. The van der Waals surface area contributed by atoms with Crippen molar-refractivity contribution in [2.45, 2.75) is 16.2 Å². The van der Waals surface area contributed by atoms with Crippen molar-refractivity contribution in [1.29, 1.82) is 0 Å². The van der Waals surface area contributed by atoms with Crippen LogP contribution in [0.5, 0.6) is 0 Å². The lowest BCUT2D eigenvalue weighted by Crippen LogP contribution is -2.36.